The van der Waals surface area contributed by atoms with Gasteiger partial charge in [-0.05, 0) is 74.8 Å². The molecule has 0 amide bonds. The quantitative estimate of drug-likeness (QED) is 0.206. The lowest BCUT2D eigenvalue weighted by molar-refractivity contribution is 0.563. The van der Waals surface area contributed by atoms with Crippen molar-refractivity contribution in [2.24, 2.45) is 0 Å². The zero-order valence-corrected chi connectivity index (χ0v) is 25.5. The summed E-state index contributed by atoms with van der Waals surface area (Å²) in [5, 5.41) is 0. The van der Waals surface area contributed by atoms with Crippen LogP contribution in [0.1, 0.15) is 47.2 Å². The molecule has 3 aromatic heterocycles. The first-order chi connectivity index (χ1) is 22.6. The maximum Gasteiger partial charge on any atom is 0.182 e. The lowest BCUT2D eigenvalue weighted by Crippen LogP contribution is -2.40. The van der Waals surface area contributed by atoms with Gasteiger partial charge in [-0.1, -0.05) is 111 Å². The predicted octanol–water partition coefficient (Wildman–Crippen LogP) is 8.67. The van der Waals surface area contributed by atoms with E-state index in [0.29, 0.717) is 28.9 Å². The maximum absolute atomic E-state index is 5.01. The van der Waals surface area contributed by atoms with E-state index in [1.807, 2.05) is 36.4 Å². The summed E-state index contributed by atoms with van der Waals surface area (Å²) in [5.74, 6) is 1.61. The minimum Gasteiger partial charge on any atom is -0.253 e. The van der Waals surface area contributed by atoms with Crippen LogP contribution in [0.5, 0.6) is 0 Å². The second kappa shape index (κ2) is 9.85. The van der Waals surface area contributed by atoms with Crippen LogP contribution in [0.2, 0.25) is 0 Å². The van der Waals surface area contributed by atoms with Crippen molar-refractivity contribution in [3.8, 4) is 45.6 Å². The number of hydrogen-bond donors (Lipinski definition) is 0. The first-order valence-corrected chi connectivity index (χ1v) is 15.6. The standard InChI is InChI=1S/C41H29N5/c1-40(2)30-15-5-7-17-32(30)41(33-18-8-6-16-31(33)40)29-14-4-3-13-27(29)28-22-21-26(25-34(28)41)37-44-38(35-19-9-11-23-42-35)46-39(45-37)36-20-10-12-24-43-36/h3-25H,1-2H3. The summed E-state index contributed by atoms with van der Waals surface area (Å²) in [6, 6.07) is 45.1. The second-order valence-corrected chi connectivity index (χ2v) is 12.5. The molecular weight excluding hydrogens is 562 g/mol. The third kappa shape index (κ3) is 3.66. The van der Waals surface area contributed by atoms with Crippen molar-refractivity contribution in [3.05, 3.63) is 173 Å². The van der Waals surface area contributed by atoms with Gasteiger partial charge in [-0.15, -0.1) is 0 Å². The molecular formula is C41H29N5. The lowest BCUT2D eigenvalue weighted by Gasteiger charge is -2.46. The number of fused-ring (bicyclic) bond motifs is 9. The van der Waals surface area contributed by atoms with Crippen LogP contribution in [0.25, 0.3) is 45.6 Å². The Balaban J connectivity index is 1.35. The van der Waals surface area contributed by atoms with Gasteiger partial charge in [0.2, 0.25) is 0 Å². The zero-order valence-electron chi connectivity index (χ0n) is 25.5. The molecule has 0 radical (unpaired) electrons. The molecule has 0 N–H and O–H groups in total. The van der Waals surface area contributed by atoms with E-state index >= 15 is 0 Å². The Kier molecular flexibility index (Phi) is 5.69. The Bertz CT molecular complexity index is 2190. The normalized spacial score (nSPS) is 14.7. The highest BCUT2D eigenvalue weighted by Crippen LogP contribution is 2.62. The highest BCUT2D eigenvalue weighted by molar-refractivity contribution is 5.90. The molecule has 0 aliphatic heterocycles. The van der Waals surface area contributed by atoms with Crippen LogP contribution in [0.3, 0.4) is 0 Å². The van der Waals surface area contributed by atoms with E-state index in [2.05, 4.69) is 115 Å². The van der Waals surface area contributed by atoms with E-state index in [-0.39, 0.29) is 5.41 Å². The van der Waals surface area contributed by atoms with Crippen molar-refractivity contribution in [1.82, 2.24) is 24.9 Å². The highest BCUT2D eigenvalue weighted by atomic mass is 15.1. The van der Waals surface area contributed by atoms with Gasteiger partial charge in [0.25, 0.3) is 0 Å². The molecule has 3 heterocycles. The second-order valence-electron chi connectivity index (χ2n) is 12.5. The fraction of sp³-hybridized carbons (Fsp3) is 0.0976. The summed E-state index contributed by atoms with van der Waals surface area (Å²) >= 11 is 0. The number of pyridine rings is 2. The predicted molar refractivity (Wildman–Crippen MR) is 181 cm³/mol. The van der Waals surface area contributed by atoms with Crippen LogP contribution in [0, 0.1) is 0 Å². The van der Waals surface area contributed by atoms with Crippen molar-refractivity contribution >= 4 is 0 Å². The van der Waals surface area contributed by atoms with Crippen LogP contribution in [-0.2, 0) is 10.8 Å². The molecule has 2 aliphatic carbocycles. The topological polar surface area (TPSA) is 64.5 Å². The van der Waals surface area contributed by atoms with E-state index in [1.54, 1.807) is 12.4 Å². The molecule has 218 valence electrons. The maximum atomic E-state index is 5.01. The monoisotopic (exact) mass is 591 g/mol. The number of nitrogens with zero attached hydrogens (tertiary/aromatic N) is 5. The van der Waals surface area contributed by atoms with E-state index in [9.17, 15) is 0 Å². The summed E-state index contributed by atoms with van der Waals surface area (Å²) in [4.78, 5) is 24.0. The van der Waals surface area contributed by atoms with Gasteiger partial charge >= 0.3 is 0 Å². The molecule has 46 heavy (non-hydrogen) atoms. The smallest absolute Gasteiger partial charge is 0.182 e. The Morgan fingerprint density at radius 1 is 0.413 bits per heavy atom. The summed E-state index contributed by atoms with van der Waals surface area (Å²) in [7, 11) is 0. The van der Waals surface area contributed by atoms with Gasteiger partial charge in [0.05, 0.1) is 5.41 Å². The molecule has 0 bridgehead atoms. The molecule has 2 aliphatic rings. The minimum absolute atomic E-state index is 0.156. The number of rotatable bonds is 3. The van der Waals surface area contributed by atoms with Gasteiger partial charge in [0.15, 0.2) is 17.5 Å². The molecule has 1 spiro atoms. The van der Waals surface area contributed by atoms with Gasteiger partial charge in [-0.25, -0.2) is 15.0 Å². The SMILES string of the molecule is CC1(C)c2ccccc2C2(c3ccccc3-c3ccc(-c4nc(-c5ccccn5)nc(-c5ccccn5)n4)cc32)c2ccccc21. The van der Waals surface area contributed by atoms with Crippen molar-refractivity contribution in [1.29, 1.82) is 0 Å². The average molecular weight is 592 g/mol. The number of benzene rings is 4. The fourth-order valence-corrected chi connectivity index (χ4v) is 7.72. The molecule has 0 unspecified atom stereocenters. The highest BCUT2D eigenvalue weighted by Gasteiger charge is 2.53. The van der Waals surface area contributed by atoms with Crippen LogP contribution in [0.15, 0.2) is 140 Å². The summed E-state index contributed by atoms with van der Waals surface area (Å²) in [5.41, 5.74) is 12.0. The zero-order chi connectivity index (χ0) is 30.9. The van der Waals surface area contributed by atoms with Crippen LogP contribution in [0.4, 0.5) is 0 Å². The fourth-order valence-electron chi connectivity index (χ4n) is 7.72. The Morgan fingerprint density at radius 2 is 0.891 bits per heavy atom. The van der Waals surface area contributed by atoms with Crippen molar-refractivity contribution in [2.45, 2.75) is 24.7 Å². The van der Waals surface area contributed by atoms with E-state index in [0.717, 1.165) is 5.56 Å². The molecule has 0 saturated carbocycles. The van der Waals surface area contributed by atoms with Crippen molar-refractivity contribution < 1.29 is 0 Å². The van der Waals surface area contributed by atoms with E-state index < -0.39 is 5.41 Å². The summed E-state index contributed by atoms with van der Waals surface area (Å²) < 4.78 is 0. The molecule has 9 rings (SSSR count). The Hall–Kier alpha value is -5.81. The third-order valence-electron chi connectivity index (χ3n) is 9.74. The molecule has 0 fully saturated rings. The number of aromatic nitrogens is 5. The molecule has 5 heteroatoms. The molecule has 5 nitrogen and oxygen atoms in total. The molecule has 0 atom stereocenters. The van der Waals surface area contributed by atoms with Gasteiger partial charge in [0, 0.05) is 23.4 Å². The Morgan fingerprint density at radius 3 is 1.46 bits per heavy atom. The molecule has 4 aromatic carbocycles. The third-order valence-corrected chi connectivity index (χ3v) is 9.74. The summed E-state index contributed by atoms with van der Waals surface area (Å²) in [6.07, 6.45) is 3.52. The first kappa shape index (κ1) is 26.6. The largest absolute Gasteiger partial charge is 0.253 e. The van der Waals surface area contributed by atoms with Gasteiger partial charge < -0.3 is 0 Å². The van der Waals surface area contributed by atoms with E-state index in [4.69, 9.17) is 15.0 Å². The molecule has 0 saturated heterocycles. The lowest BCUT2D eigenvalue weighted by atomic mass is 9.55. The van der Waals surface area contributed by atoms with Crippen LogP contribution >= 0.6 is 0 Å². The van der Waals surface area contributed by atoms with Crippen molar-refractivity contribution in [3.63, 3.8) is 0 Å². The van der Waals surface area contributed by atoms with Crippen molar-refractivity contribution in [2.75, 3.05) is 0 Å². The van der Waals surface area contributed by atoms with Gasteiger partial charge in [0.1, 0.15) is 11.4 Å². The van der Waals surface area contributed by atoms with Gasteiger partial charge in [-0.2, -0.15) is 0 Å². The summed E-state index contributed by atoms with van der Waals surface area (Å²) in [6.45, 7) is 4.69. The average Bonchev–Trinajstić information content (AvgIpc) is 3.42. The Labute approximate surface area is 267 Å². The molecule has 7 aromatic rings. The van der Waals surface area contributed by atoms with Crippen LogP contribution in [-0.4, -0.2) is 24.9 Å². The van der Waals surface area contributed by atoms with Gasteiger partial charge in [-0.3, -0.25) is 9.97 Å². The van der Waals surface area contributed by atoms with Crippen LogP contribution < -0.4 is 0 Å². The number of hydrogen-bond acceptors (Lipinski definition) is 5. The first-order valence-electron chi connectivity index (χ1n) is 15.6. The minimum atomic E-state index is -0.495. The van der Waals surface area contributed by atoms with E-state index in [1.165, 1.54) is 44.5 Å².